The first-order chi connectivity index (χ1) is 12.4. The molecule has 4 rings (SSSR count). The van der Waals surface area contributed by atoms with E-state index in [1.165, 1.54) is 10.6 Å². The molecule has 2 N–H and O–H groups in total. The summed E-state index contributed by atoms with van der Waals surface area (Å²) in [6.07, 6.45) is 0.734. The van der Waals surface area contributed by atoms with Gasteiger partial charge in [0.2, 0.25) is 11.9 Å². The zero-order chi connectivity index (χ0) is 18.3. The number of pyridine rings is 1. The number of aromatic nitrogens is 5. The molecule has 4 heterocycles. The van der Waals surface area contributed by atoms with Crippen molar-refractivity contribution in [3.05, 3.63) is 42.9 Å². The molecule has 0 amide bonds. The summed E-state index contributed by atoms with van der Waals surface area (Å²) in [6.45, 7) is -0.306. The van der Waals surface area contributed by atoms with Crippen LogP contribution in [0.3, 0.4) is 0 Å². The van der Waals surface area contributed by atoms with Crippen LogP contribution >= 0.6 is 0 Å². The minimum absolute atomic E-state index is 0.103. The molecule has 0 bridgehead atoms. The fourth-order valence-electron chi connectivity index (χ4n) is 2.66. The number of nitrogens with zero attached hydrogens (tertiary/aromatic N) is 4. The second-order valence-corrected chi connectivity index (χ2v) is 5.68. The zero-order valence-electron chi connectivity index (χ0n) is 13.2. The van der Waals surface area contributed by atoms with Crippen molar-refractivity contribution >= 4 is 22.6 Å². The molecule has 6 nitrogen and oxygen atoms in total. The summed E-state index contributed by atoms with van der Waals surface area (Å²) < 4.78 is 51.6. The Bertz CT molecular complexity index is 1080. The second kappa shape index (κ2) is 5.97. The van der Waals surface area contributed by atoms with Crippen LogP contribution in [0.25, 0.3) is 27.8 Å². The van der Waals surface area contributed by atoms with Gasteiger partial charge in [-0.25, -0.2) is 9.97 Å². The van der Waals surface area contributed by atoms with E-state index >= 15 is 0 Å². The normalized spacial score (nSPS) is 12.2. The Morgan fingerprint density at radius 3 is 2.81 bits per heavy atom. The van der Waals surface area contributed by atoms with Crippen LogP contribution in [0.5, 0.6) is 0 Å². The number of hydrogen-bond donors (Lipinski definition) is 2. The van der Waals surface area contributed by atoms with Crippen LogP contribution in [-0.2, 0) is 0 Å². The Balaban J connectivity index is 1.63. The molecule has 0 atom stereocenters. The summed E-state index contributed by atoms with van der Waals surface area (Å²) in [5, 5.41) is 3.22. The lowest BCUT2D eigenvalue weighted by atomic mass is 10.1. The van der Waals surface area contributed by atoms with Gasteiger partial charge in [-0.1, -0.05) is 0 Å². The van der Waals surface area contributed by atoms with Gasteiger partial charge >= 0.3 is 6.18 Å². The van der Waals surface area contributed by atoms with Gasteiger partial charge in [0.05, 0.1) is 12.6 Å². The molecule has 0 fully saturated rings. The van der Waals surface area contributed by atoms with E-state index < -0.39 is 18.5 Å². The highest BCUT2D eigenvalue weighted by Crippen LogP contribution is 2.28. The molecule has 0 aromatic carbocycles. The van der Waals surface area contributed by atoms with E-state index in [4.69, 9.17) is 0 Å². The lowest BCUT2D eigenvalue weighted by Gasteiger charge is -2.07. The van der Waals surface area contributed by atoms with Crippen LogP contribution in [0.2, 0.25) is 0 Å². The van der Waals surface area contributed by atoms with E-state index in [2.05, 4.69) is 25.3 Å². The predicted octanol–water partition coefficient (Wildman–Crippen LogP) is 3.78. The molecular formula is C16H12F4N6. The van der Waals surface area contributed by atoms with Crippen LogP contribution in [-0.4, -0.2) is 37.1 Å². The summed E-state index contributed by atoms with van der Waals surface area (Å²) >= 11 is 0. The first kappa shape index (κ1) is 16.3. The number of halogens is 4. The average Bonchev–Trinajstić information content (AvgIpc) is 3.17. The molecule has 4 aromatic heterocycles. The SMILES string of the molecule is Fc1cnc2ccc(-c3c[nH]c4nc(NCCC(F)(F)F)ncc34)cn12. The Kier molecular flexibility index (Phi) is 3.74. The summed E-state index contributed by atoms with van der Waals surface area (Å²) in [5.74, 6) is -0.375. The summed E-state index contributed by atoms with van der Waals surface area (Å²) in [7, 11) is 0. The first-order valence-electron chi connectivity index (χ1n) is 7.68. The van der Waals surface area contributed by atoms with Crippen molar-refractivity contribution in [1.82, 2.24) is 24.3 Å². The van der Waals surface area contributed by atoms with Gasteiger partial charge in [-0.3, -0.25) is 4.40 Å². The van der Waals surface area contributed by atoms with Gasteiger partial charge in [-0.05, 0) is 12.1 Å². The number of nitrogens with one attached hydrogen (secondary N) is 2. The lowest BCUT2D eigenvalue weighted by molar-refractivity contribution is -0.131. The lowest BCUT2D eigenvalue weighted by Crippen LogP contribution is -2.15. The molecule has 26 heavy (non-hydrogen) atoms. The van der Waals surface area contributed by atoms with Crippen molar-refractivity contribution in [1.29, 1.82) is 0 Å². The van der Waals surface area contributed by atoms with Crippen LogP contribution in [0.15, 0.2) is 36.9 Å². The molecule has 0 spiro atoms. The van der Waals surface area contributed by atoms with Gasteiger partial charge in [0.25, 0.3) is 0 Å². The van der Waals surface area contributed by atoms with Crippen molar-refractivity contribution in [3.63, 3.8) is 0 Å². The molecule has 0 saturated carbocycles. The van der Waals surface area contributed by atoms with Crippen LogP contribution in [0.1, 0.15) is 6.42 Å². The molecule has 0 aliphatic carbocycles. The van der Waals surface area contributed by atoms with E-state index in [9.17, 15) is 17.6 Å². The van der Waals surface area contributed by atoms with Crippen molar-refractivity contribution in [2.75, 3.05) is 11.9 Å². The fourth-order valence-corrected chi connectivity index (χ4v) is 2.66. The summed E-state index contributed by atoms with van der Waals surface area (Å²) in [5.41, 5.74) is 2.42. The van der Waals surface area contributed by atoms with Crippen LogP contribution in [0, 0.1) is 5.95 Å². The quantitative estimate of drug-likeness (QED) is 0.541. The maximum atomic E-state index is 13.7. The standard InChI is InChI=1S/C16H12F4N6/c17-12-7-22-13-2-1-9(8-26(12)13)10-5-23-14-11(10)6-24-15(25-14)21-4-3-16(18,19)20/h1-2,5-8H,3-4H2,(H2,21,23,24,25). The Morgan fingerprint density at radius 1 is 1.15 bits per heavy atom. The third-order valence-electron chi connectivity index (χ3n) is 3.90. The number of alkyl halides is 3. The van der Waals surface area contributed by atoms with Crippen LogP contribution < -0.4 is 5.32 Å². The number of rotatable bonds is 4. The topological polar surface area (TPSA) is 70.9 Å². The maximum absolute atomic E-state index is 13.7. The average molecular weight is 364 g/mol. The van der Waals surface area contributed by atoms with Crippen molar-refractivity contribution in [3.8, 4) is 11.1 Å². The number of hydrogen-bond acceptors (Lipinski definition) is 4. The Hall–Kier alpha value is -3.17. The van der Waals surface area contributed by atoms with E-state index in [1.54, 1.807) is 24.5 Å². The molecular weight excluding hydrogens is 352 g/mol. The zero-order valence-corrected chi connectivity index (χ0v) is 13.2. The second-order valence-electron chi connectivity index (χ2n) is 5.68. The Labute approximate surface area is 143 Å². The minimum Gasteiger partial charge on any atom is -0.354 e. The number of H-pyrrole nitrogens is 1. The summed E-state index contributed by atoms with van der Waals surface area (Å²) in [4.78, 5) is 15.1. The maximum Gasteiger partial charge on any atom is 0.390 e. The van der Waals surface area contributed by atoms with E-state index in [1.807, 2.05) is 0 Å². The Morgan fingerprint density at radius 2 is 2.00 bits per heavy atom. The van der Waals surface area contributed by atoms with Gasteiger partial charge in [-0.15, -0.1) is 0 Å². The van der Waals surface area contributed by atoms with Gasteiger partial charge in [0.15, 0.2) is 0 Å². The molecule has 4 aromatic rings. The number of imidazole rings is 1. The molecule has 10 heteroatoms. The van der Waals surface area contributed by atoms with Gasteiger partial charge in [0.1, 0.15) is 11.3 Å². The third kappa shape index (κ3) is 3.05. The third-order valence-corrected chi connectivity index (χ3v) is 3.90. The smallest absolute Gasteiger partial charge is 0.354 e. The highest BCUT2D eigenvalue weighted by atomic mass is 19.4. The summed E-state index contributed by atoms with van der Waals surface area (Å²) in [6, 6.07) is 3.48. The predicted molar refractivity (Wildman–Crippen MR) is 87.2 cm³/mol. The van der Waals surface area contributed by atoms with Crippen LogP contribution in [0.4, 0.5) is 23.5 Å². The molecule has 0 saturated heterocycles. The number of anilines is 1. The highest BCUT2D eigenvalue weighted by molar-refractivity contribution is 5.93. The molecule has 0 radical (unpaired) electrons. The molecule has 0 aliphatic heterocycles. The largest absolute Gasteiger partial charge is 0.390 e. The van der Waals surface area contributed by atoms with Crippen molar-refractivity contribution in [2.45, 2.75) is 12.6 Å². The fraction of sp³-hybridized carbons (Fsp3) is 0.188. The monoisotopic (exact) mass is 364 g/mol. The molecule has 0 unspecified atom stereocenters. The van der Waals surface area contributed by atoms with E-state index in [-0.39, 0.29) is 12.5 Å². The van der Waals surface area contributed by atoms with Crippen molar-refractivity contribution < 1.29 is 17.6 Å². The van der Waals surface area contributed by atoms with Gasteiger partial charge in [-0.2, -0.15) is 22.5 Å². The van der Waals surface area contributed by atoms with Crippen molar-refractivity contribution in [2.24, 2.45) is 0 Å². The van der Waals surface area contributed by atoms with E-state index in [0.29, 0.717) is 16.7 Å². The highest BCUT2D eigenvalue weighted by Gasteiger charge is 2.26. The van der Waals surface area contributed by atoms with Gasteiger partial charge in [0, 0.05) is 41.6 Å². The molecule has 0 aliphatic rings. The minimum atomic E-state index is -4.24. The first-order valence-corrected chi connectivity index (χ1v) is 7.68. The van der Waals surface area contributed by atoms with E-state index in [0.717, 1.165) is 17.3 Å². The number of aromatic amines is 1. The van der Waals surface area contributed by atoms with Gasteiger partial charge < -0.3 is 10.3 Å². The molecule has 134 valence electrons. The number of fused-ring (bicyclic) bond motifs is 2.